The van der Waals surface area contributed by atoms with Gasteiger partial charge < -0.3 is 15.1 Å². The summed E-state index contributed by atoms with van der Waals surface area (Å²) in [5.74, 6) is 0. The van der Waals surface area contributed by atoms with Gasteiger partial charge in [-0.3, -0.25) is 0 Å². The fourth-order valence-corrected chi connectivity index (χ4v) is 5.58. The Morgan fingerprint density at radius 2 is 0.514 bits per heavy atom. The SMILES string of the molecule is CCCCCCCCCCCCCCCCCCCCCCCCCCCCN(CCCO)CCCO. The second-order valence-corrected chi connectivity index (χ2v) is 11.8. The van der Waals surface area contributed by atoms with E-state index in [9.17, 15) is 0 Å². The van der Waals surface area contributed by atoms with Gasteiger partial charge in [0.05, 0.1) is 0 Å². The highest BCUT2D eigenvalue weighted by Gasteiger charge is 2.04. The lowest BCUT2D eigenvalue weighted by molar-refractivity contribution is 0.199. The molecular weight excluding hydrogens is 454 g/mol. The molecule has 0 rings (SSSR count). The third-order valence-electron chi connectivity index (χ3n) is 8.09. The maximum atomic E-state index is 9.03. The van der Waals surface area contributed by atoms with E-state index in [0.29, 0.717) is 0 Å². The minimum Gasteiger partial charge on any atom is -0.396 e. The van der Waals surface area contributed by atoms with Crippen LogP contribution in [0.1, 0.15) is 187 Å². The van der Waals surface area contributed by atoms with E-state index in [0.717, 1.165) is 32.5 Å². The molecule has 0 unspecified atom stereocenters. The lowest BCUT2D eigenvalue weighted by atomic mass is 10.0. The number of hydrogen-bond acceptors (Lipinski definition) is 3. The van der Waals surface area contributed by atoms with E-state index in [1.807, 2.05) is 0 Å². The molecule has 3 nitrogen and oxygen atoms in total. The highest BCUT2D eigenvalue weighted by atomic mass is 16.3. The van der Waals surface area contributed by atoms with Gasteiger partial charge in [0.25, 0.3) is 0 Å². The first-order chi connectivity index (χ1) is 18.3. The summed E-state index contributed by atoms with van der Waals surface area (Å²) >= 11 is 0. The van der Waals surface area contributed by atoms with Crippen molar-refractivity contribution in [2.75, 3.05) is 32.8 Å². The van der Waals surface area contributed by atoms with Crippen LogP contribution in [-0.4, -0.2) is 48.0 Å². The third kappa shape index (κ3) is 32.0. The summed E-state index contributed by atoms with van der Waals surface area (Å²) in [5, 5.41) is 18.1. The van der Waals surface area contributed by atoms with E-state index in [2.05, 4.69) is 11.8 Å². The van der Waals surface area contributed by atoms with Gasteiger partial charge in [0.1, 0.15) is 0 Å². The van der Waals surface area contributed by atoms with Crippen molar-refractivity contribution in [3.05, 3.63) is 0 Å². The zero-order valence-corrected chi connectivity index (χ0v) is 25.7. The first-order valence-electron chi connectivity index (χ1n) is 17.3. The van der Waals surface area contributed by atoms with E-state index < -0.39 is 0 Å². The smallest absolute Gasteiger partial charge is 0.0443 e. The van der Waals surface area contributed by atoms with Crippen molar-refractivity contribution < 1.29 is 10.2 Å². The Bertz CT molecular complexity index is 382. The summed E-state index contributed by atoms with van der Waals surface area (Å²) in [4.78, 5) is 2.41. The van der Waals surface area contributed by atoms with Crippen molar-refractivity contribution >= 4 is 0 Å². The first kappa shape index (κ1) is 36.9. The summed E-state index contributed by atoms with van der Waals surface area (Å²) in [7, 11) is 0. The molecule has 0 aromatic heterocycles. The number of rotatable bonds is 33. The number of aliphatic hydroxyl groups excluding tert-OH is 2. The van der Waals surface area contributed by atoms with Gasteiger partial charge in [-0.1, -0.05) is 167 Å². The number of nitrogens with zero attached hydrogens (tertiary/aromatic N) is 1. The van der Waals surface area contributed by atoms with Crippen LogP contribution in [0.2, 0.25) is 0 Å². The Kier molecular flexibility index (Phi) is 33.8. The van der Waals surface area contributed by atoms with Crippen molar-refractivity contribution in [3.8, 4) is 0 Å². The Balaban J connectivity index is 3.16. The minimum atomic E-state index is 0.273. The van der Waals surface area contributed by atoms with Gasteiger partial charge in [-0.15, -0.1) is 0 Å². The Morgan fingerprint density at radius 3 is 0.757 bits per heavy atom. The molecule has 0 aromatic carbocycles. The standard InChI is InChI=1S/C34H71NO2/c1-2-3-4-5-6-7-8-9-10-11-12-13-14-15-16-17-18-19-20-21-22-23-24-25-26-27-30-35(31-28-33-36)32-29-34-37/h36-37H,2-34H2,1H3. The van der Waals surface area contributed by atoms with Crippen molar-refractivity contribution in [2.45, 2.75) is 187 Å². The minimum absolute atomic E-state index is 0.273. The maximum Gasteiger partial charge on any atom is 0.0443 e. The van der Waals surface area contributed by atoms with Crippen LogP contribution in [0, 0.1) is 0 Å². The van der Waals surface area contributed by atoms with E-state index in [4.69, 9.17) is 10.2 Å². The largest absolute Gasteiger partial charge is 0.396 e. The molecule has 0 saturated carbocycles. The average molecular weight is 526 g/mol. The van der Waals surface area contributed by atoms with Crippen LogP contribution in [-0.2, 0) is 0 Å². The monoisotopic (exact) mass is 526 g/mol. The van der Waals surface area contributed by atoms with Crippen LogP contribution in [0.3, 0.4) is 0 Å². The number of unbranched alkanes of at least 4 members (excludes halogenated alkanes) is 25. The van der Waals surface area contributed by atoms with Crippen LogP contribution in [0.4, 0.5) is 0 Å². The normalized spacial score (nSPS) is 11.7. The van der Waals surface area contributed by atoms with Crippen molar-refractivity contribution in [1.82, 2.24) is 4.90 Å². The summed E-state index contributed by atoms with van der Waals surface area (Å²) in [6, 6.07) is 0. The zero-order chi connectivity index (χ0) is 26.9. The van der Waals surface area contributed by atoms with Gasteiger partial charge in [-0.05, 0) is 25.8 Å². The quantitative estimate of drug-likeness (QED) is 0.0837. The summed E-state index contributed by atoms with van der Waals surface area (Å²) in [5.41, 5.74) is 0. The summed E-state index contributed by atoms with van der Waals surface area (Å²) in [6.45, 7) is 5.91. The molecule has 37 heavy (non-hydrogen) atoms. The van der Waals surface area contributed by atoms with Crippen LogP contribution in [0.15, 0.2) is 0 Å². The van der Waals surface area contributed by atoms with E-state index >= 15 is 0 Å². The van der Waals surface area contributed by atoms with Crippen LogP contribution in [0.5, 0.6) is 0 Å². The van der Waals surface area contributed by atoms with Gasteiger partial charge in [-0.25, -0.2) is 0 Å². The molecule has 2 N–H and O–H groups in total. The fourth-order valence-electron chi connectivity index (χ4n) is 5.58. The molecule has 0 aromatic rings. The molecule has 224 valence electrons. The van der Waals surface area contributed by atoms with Crippen molar-refractivity contribution in [1.29, 1.82) is 0 Å². The third-order valence-corrected chi connectivity index (χ3v) is 8.09. The molecule has 0 atom stereocenters. The predicted octanol–water partition coefficient (Wildman–Crippen LogP) is 10.2. The predicted molar refractivity (Wildman–Crippen MR) is 166 cm³/mol. The molecule has 0 spiro atoms. The van der Waals surface area contributed by atoms with Crippen LogP contribution < -0.4 is 0 Å². The zero-order valence-electron chi connectivity index (χ0n) is 25.7. The summed E-state index contributed by atoms with van der Waals surface area (Å²) < 4.78 is 0. The lowest BCUT2D eigenvalue weighted by Crippen LogP contribution is -2.28. The van der Waals surface area contributed by atoms with E-state index in [-0.39, 0.29) is 13.2 Å². The fraction of sp³-hybridized carbons (Fsp3) is 1.00. The van der Waals surface area contributed by atoms with Gasteiger partial charge in [0.2, 0.25) is 0 Å². The molecular formula is C34H71NO2. The van der Waals surface area contributed by atoms with Gasteiger partial charge in [0.15, 0.2) is 0 Å². The van der Waals surface area contributed by atoms with Crippen molar-refractivity contribution in [3.63, 3.8) is 0 Å². The highest BCUT2D eigenvalue weighted by molar-refractivity contribution is 4.59. The molecule has 0 radical (unpaired) electrons. The van der Waals surface area contributed by atoms with E-state index in [1.165, 1.54) is 167 Å². The molecule has 0 aliphatic heterocycles. The molecule has 0 heterocycles. The second kappa shape index (κ2) is 33.9. The molecule has 0 aliphatic rings. The van der Waals surface area contributed by atoms with Crippen LogP contribution >= 0.6 is 0 Å². The Morgan fingerprint density at radius 1 is 0.297 bits per heavy atom. The molecule has 0 bridgehead atoms. The molecule has 0 saturated heterocycles. The van der Waals surface area contributed by atoms with Gasteiger partial charge in [0, 0.05) is 26.3 Å². The number of hydrogen-bond donors (Lipinski definition) is 2. The van der Waals surface area contributed by atoms with Crippen LogP contribution in [0.25, 0.3) is 0 Å². The van der Waals surface area contributed by atoms with Crippen molar-refractivity contribution in [2.24, 2.45) is 0 Å². The second-order valence-electron chi connectivity index (χ2n) is 11.8. The Hall–Kier alpha value is -0.120. The molecule has 0 aliphatic carbocycles. The Labute approximate surface area is 234 Å². The summed E-state index contributed by atoms with van der Waals surface area (Å²) in [6.07, 6.45) is 39.1. The number of aliphatic hydroxyl groups is 2. The molecule has 0 fully saturated rings. The van der Waals surface area contributed by atoms with Gasteiger partial charge in [-0.2, -0.15) is 0 Å². The molecule has 0 amide bonds. The maximum absolute atomic E-state index is 9.03. The average Bonchev–Trinajstić information content (AvgIpc) is 2.91. The molecule has 3 heteroatoms. The lowest BCUT2D eigenvalue weighted by Gasteiger charge is -2.21. The topological polar surface area (TPSA) is 43.7 Å². The van der Waals surface area contributed by atoms with Gasteiger partial charge >= 0.3 is 0 Å². The van der Waals surface area contributed by atoms with E-state index in [1.54, 1.807) is 0 Å². The highest BCUT2D eigenvalue weighted by Crippen LogP contribution is 2.16. The first-order valence-corrected chi connectivity index (χ1v) is 17.3.